The van der Waals surface area contributed by atoms with Gasteiger partial charge >= 0.3 is 5.97 Å². The van der Waals surface area contributed by atoms with Crippen LogP contribution in [0.25, 0.3) is 0 Å². The second-order valence-electron chi connectivity index (χ2n) is 24.8. The summed E-state index contributed by atoms with van der Waals surface area (Å²) in [6, 6.07) is 7.88. The number of carboxylic acid groups (broad SMARTS) is 1. The third-order valence-corrected chi connectivity index (χ3v) is 17.6. The Morgan fingerprint density at radius 3 is 1.66 bits per heavy atom. The zero-order valence-electron chi connectivity index (χ0n) is 56.7. The summed E-state index contributed by atoms with van der Waals surface area (Å²) in [5.74, 6) is -10.2. The summed E-state index contributed by atoms with van der Waals surface area (Å²) in [7, 11) is 0. The number of aromatic amines is 1. The molecule has 13 atom stereocenters. The normalized spacial score (nSPS) is 17.4. The lowest BCUT2D eigenvalue weighted by molar-refractivity contribution is -0.144. The number of carbonyl (C=O) groups is 12. The number of aliphatic hydroxyl groups excluding tert-OH is 2. The van der Waals surface area contributed by atoms with Crippen molar-refractivity contribution >= 4 is 88.7 Å². The summed E-state index contributed by atoms with van der Waals surface area (Å²) in [5, 5.41) is 63.9. The average molecular weight is 1420 g/mol. The molecule has 20 N–H and O–H groups in total. The van der Waals surface area contributed by atoms with Crippen molar-refractivity contribution in [2.75, 3.05) is 38.2 Å². The molecule has 3 heterocycles. The van der Waals surface area contributed by atoms with Crippen LogP contribution in [0.4, 0.5) is 0 Å². The number of phenolic OH excluding ortho intramolecular Hbond substituents is 1. The number of thioether (sulfide) groups is 1. The van der Waals surface area contributed by atoms with Gasteiger partial charge in [-0.2, -0.15) is 11.8 Å². The van der Waals surface area contributed by atoms with E-state index in [0.717, 1.165) is 0 Å². The van der Waals surface area contributed by atoms with Crippen molar-refractivity contribution in [1.82, 2.24) is 67.6 Å². The predicted octanol–water partition coefficient (Wildman–Crippen LogP) is -3.64. The minimum atomic E-state index is -1.73. The maximum absolute atomic E-state index is 15.0. The molecule has 4 aromatic rings. The lowest BCUT2D eigenvalue weighted by Crippen LogP contribution is -2.61. The van der Waals surface area contributed by atoms with Crippen molar-refractivity contribution in [1.29, 1.82) is 0 Å². The smallest absolute Gasteiger partial charge is 0.326 e. The number of rotatable bonds is 38. The maximum Gasteiger partial charge on any atom is 0.326 e. The SMILES string of the molecule is CSCC[C@H](NC(=O)[C@@H](N)[C@@H](C)O)C(=O)NCC(=O)N[C@@H](Cc1ccccc1)C(=O)N[C@H](C(=O)N[C@@H](C)C(=O)N1CCC[C@H]1C(=O)N[C@@H](CCCN=C(N)N)C(=O)N[C@@H](Cc1ccccc1)C(=O)N1CCC[C@H]1C(=O)N[C@@H](Cc1cnc[nH]1)C(=O)N[C@@H](Cc1ccc(O)cc1)C(=O)O)[C@@H](C)O. The highest BCUT2D eigenvalue weighted by Crippen LogP contribution is 2.23. The second-order valence-corrected chi connectivity index (χ2v) is 25.8. The van der Waals surface area contributed by atoms with Gasteiger partial charge in [0.05, 0.1) is 25.1 Å². The van der Waals surface area contributed by atoms with Crippen LogP contribution in [0.2, 0.25) is 0 Å². The monoisotopic (exact) mass is 1420 g/mol. The molecule has 0 saturated carbocycles. The number of phenols is 1. The molecule has 3 aromatic carbocycles. The Bertz CT molecular complexity index is 3500. The molecule has 0 unspecified atom stereocenters. The molecule has 33 nitrogen and oxygen atoms in total. The van der Waals surface area contributed by atoms with Crippen molar-refractivity contribution < 1.29 is 78.0 Å². The Balaban J connectivity index is 1.14. The van der Waals surface area contributed by atoms with E-state index in [-0.39, 0.29) is 89.1 Å². The number of guanidine groups is 1. The van der Waals surface area contributed by atoms with E-state index in [9.17, 15) is 73.2 Å². The molecule has 0 radical (unpaired) electrons. The first-order valence-electron chi connectivity index (χ1n) is 33.2. The highest BCUT2D eigenvalue weighted by atomic mass is 32.2. The van der Waals surface area contributed by atoms with Crippen LogP contribution in [-0.2, 0) is 83.2 Å². The zero-order valence-corrected chi connectivity index (χ0v) is 57.5. The van der Waals surface area contributed by atoms with E-state index in [1.807, 2.05) is 0 Å². The van der Waals surface area contributed by atoms with Crippen LogP contribution in [-0.4, -0.2) is 234 Å². The van der Waals surface area contributed by atoms with E-state index in [4.69, 9.17) is 17.2 Å². The first-order valence-corrected chi connectivity index (χ1v) is 34.6. The van der Waals surface area contributed by atoms with Crippen molar-refractivity contribution in [3.05, 3.63) is 120 Å². The first-order chi connectivity index (χ1) is 48.1. The summed E-state index contributed by atoms with van der Waals surface area (Å²) in [4.78, 5) is 181. The van der Waals surface area contributed by atoms with Crippen LogP contribution < -0.4 is 65.1 Å². The third kappa shape index (κ3) is 24.9. The Kier molecular flexibility index (Phi) is 31.3. The van der Waals surface area contributed by atoms with Gasteiger partial charge < -0.3 is 100 Å². The maximum atomic E-state index is 15.0. The van der Waals surface area contributed by atoms with Crippen LogP contribution in [0.1, 0.15) is 88.1 Å². The summed E-state index contributed by atoms with van der Waals surface area (Å²) in [6.07, 6.45) is 2.26. The molecule has 548 valence electrons. The Morgan fingerprint density at radius 1 is 0.594 bits per heavy atom. The highest BCUT2D eigenvalue weighted by molar-refractivity contribution is 7.98. The lowest BCUT2D eigenvalue weighted by atomic mass is 10.0. The summed E-state index contributed by atoms with van der Waals surface area (Å²) in [6.45, 7) is 3.27. The molecule has 11 amide bonds. The van der Waals surface area contributed by atoms with Crippen LogP contribution in [0, 0.1) is 0 Å². The molecule has 2 fully saturated rings. The number of hydrogen-bond donors (Lipinski definition) is 17. The van der Waals surface area contributed by atoms with Crippen molar-refractivity contribution in [2.24, 2.45) is 22.2 Å². The number of imidazole rings is 1. The number of aliphatic hydroxyl groups is 2. The van der Waals surface area contributed by atoms with Crippen LogP contribution >= 0.6 is 11.8 Å². The molecular formula is C67H93N17O16S. The predicted molar refractivity (Wildman–Crippen MR) is 370 cm³/mol. The van der Waals surface area contributed by atoms with Crippen molar-refractivity contribution in [2.45, 2.75) is 170 Å². The van der Waals surface area contributed by atoms with Gasteiger partial charge in [0.2, 0.25) is 65.0 Å². The fraction of sp³-hybridized carbons (Fsp3) is 0.493. The molecule has 6 rings (SSSR count). The Hall–Kier alpha value is -10.2. The fourth-order valence-electron chi connectivity index (χ4n) is 11.5. The fourth-order valence-corrected chi connectivity index (χ4v) is 11.9. The largest absolute Gasteiger partial charge is 0.508 e. The number of benzene rings is 3. The van der Waals surface area contributed by atoms with E-state index in [1.165, 1.54) is 79.1 Å². The molecule has 2 aliphatic heterocycles. The minimum absolute atomic E-state index is 0.0146. The Morgan fingerprint density at radius 2 is 1.11 bits per heavy atom. The number of amides is 11. The highest BCUT2D eigenvalue weighted by Gasteiger charge is 2.43. The van der Waals surface area contributed by atoms with Gasteiger partial charge in [-0.05, 0) is 107 Å². The number of carbonyl (C=O) groups excluding carboxylic acids is 11. The number of likely N-dealkylation sites (tertiary alicyclic amines) is 2. The first kappa shape index (κ1) is 79.8. The zero-order chi connectivity index (χ0) is 73.9. The second kappa shape index (κ2) is 39.6. The number of aromatic nitrogens is 2. The molecule has 0 bridgehead atoms. The van der Waals surface area contributed by atoms with Crippen molar-refractivity contribution in [3.8, 4) is 5.75 Å². The van der Waals surface area contributed by atoms with E-state index >= 15 is 4.79 Å². The molecule has 0 spiro atoms. The van der Waals surface area contributed by atoms with Gasteiger partial charge in [-0.25, -0.2) is 9.78 Å². The van der Waals surface area contributed by atoms with Gasteiger partial charge in [-0.15, -0.1) is 0 Å². The summed E-state index contributed by atoms with van der Waals surface area (Å²) in [5.41, 5.74) is 19.1. The van der Waals surface area contributed by atoms with Gasteiger partial charge in [0, 0.05) is 57.2 Å². The van der Waals surface area contributed by atoms with E-state index < -0.39 is 156 Å². The molecule has 2 aliphatic rings. The standard InChI is InChI=1S/C67H93N17O16S/c1-37(75-63(96)55(39(3)86)82-59(92)47(30-40-14-7-5-8-15-40)76-53(88)35-73-56(89)46(25-29-101-4)78-62(95)54(68)38(2)85)64(97)83-27-12-19-51(83)60(93)77-45(18-11-26-72-67(69)70)57(90)80-49(31-41-16-9-6-10-17-41)65(98)84-28-13-20-52(84)61(94)79-48(33-43-34-71-36-74-43)58(91)81-50(66(99)100)32-42-21-23-44(87)24-22-42/h5-10,14-17,21-24,34,36-39,45-52,54-55,85-87H,11-13,18-20,25-33,35,68H2,1-4H3,(H,71,74)(H,73,89)(H,75,96)(H,76,88)(H,77,93)(H,78,95)(H,79,94)(H,80,90)(H,81,91)(H,82,92)(H,99,100)(H4,69,70,72)/t37-,38+,39+,45-,46-,47-,48-,49-,50-,51-,52-,54-,55-/m0/s1. The van der Waals surface area contributed by atoms with Gasteiger partial charge in [-0.3, -0.25) is 57.7 Å². The molecular weight excluding hydrogens is 1330 g/mol. The average Bonchev–Trinajstić information content (AvgIpc) is 1.74. The van der Waals surface area contributed by atoms with Crippen LogP contribution in [0.5, 0.6) is 5.75 Å². The number of nitrogens with zero attached hydrogens (tertiary/aromatic N) is 4. The summed E-state index contributed by atoms with van der Waals surface area (Å²) >= 11 is 1.39. The van der Waals surface area contributed by atoms with Gasteiger partial charge in [0.15, 0.2) is 5.96 Å². The number of aromatic hydroxyl groups is 1. The third-order valence-electron chi connectivity index (χ3n) is 17.0. The van der Waals surface area contributed by atoms with E-state index in [0.29, 0.717) is 41.0 Å². The van der Waals surface area contributed by atoms with Gasteiger partial charge in [-0.1, -0.05) is 72.8 Å². The molecule has 101 heavy (non-hydrogen) atoms. The Labute approximate surface area is 587 Å². The lowest BCUT2D eigenvalue weighted by Gasteiger charge is -2.32. The molecule has 0 aliphatic carbocycles. The van der Waals surface area contributed by atoms with Gasteiger partial charge in [0.25, 0.3) is 0 Å². The number of aliphatic carboxylic acids is 1. The van der Waals surface area contributed by atoms with E-state index in [1.54, 1.807) is 66.9 Å². The number of nitrogens with two attached hydrogens (primary N) is 3. The number of nitrogens with one attached hydrogen (secondary N) is 10. The van der Waals surface area contributed by atoms with Gasteiger partial charge in [0.1, 0.15) is 72.2 Å². The molecule has 1 aromatic heterocycles. The minimum Gasteiger partial charge on any atom is -0.508 e. The quantitative estimate of drug-likeness (QED) is 0.0117. The number of aliphatic imine (C=N–C) groups is 1. The number of hydrogen-bond acceptors (Lipinski definition) is 19. The molecule has 2 saturated heterocycles. The molecule has 34 heteroatoms. The van der Waals surface area contributed by atoms with Crippen LogP contribution in [0.15, 0.2) is 102 Å². The topological polar surface area (TPSA) is 520 Å². The van der Waals surface area contributed by atoms with Crippen molar-refractivity contribution in [3.63, 3.8) is 0 Å². The van der Waals surface area contributed by atoms with Crippen LogP contribution in [0.3, 0.4) is 0 Å². The number of H-pyrrole nitrogens is 1. The number of carboxylic acids is 1. The van der Waals surface area contributed by atoms with E-state index in [2.05, 4.69) is 62.8 Å². The summed E-state index contributed by atoms with van der Waals surface area (Å²) < 4.78 is 0.